The zero-order valence-electron chi connectivity index (χ0n) is 13.1. The maximum Gasteiger partial charge on any atom is 0.323 e. The second-order valence-electron chi connectivity index (χ2n) is 5.43. The Bertz CT molecular complexity index is 763. The molecule has 1 aromatic heterocycles. The standard InChI is InChI=1S/C17H16Cl2N2O4/c18-14-6-12(7-15(19)21-14)9-25-17(24)13(20)5-10-2-1-3-11(4-10)8-16(22)23/h1-4,6-7,13H,5,8-9,20H2,(H,22,23)/t13-/m0/s1. The summed E-state index contributed by atoms with van der Waals surface area (Å²) in [5.74, 6) is -1.50. The van der Waals surface area contributed by atoms with Crippen LogP contribution >= 0.6 is 23.2 Å². The van der Waals surface area contributed by atoms with Gasteiger partial charge in [-0.25, -0.2) is 4.98 Å². The van der Waals surface area contributed by atoms with E-state index in [0.717, 1.165) is 5.56 Å². The summed E-state index contributed by atoms with van der Waals surface area (Å²) in [4.78, 5) is 26.6. The number of halogens is 2. The van der Waals surface area contributed by atoms with E-state index in [1.54, 1.807) is 36.4 Å². The summed E-state index contributed by atoms with van der Waals surface area (Å²) in [6.45, 7) is -0.0203. The molecule has 0 radical (unpaired) electrons. The second-order valence-corrected chi connectivity index (χ2v) is 6.20. The van der Waals surface area contributed by atoms with Gasteiger partial charge in [-0.05, 0) is 35.2 Å². The van der Waals surface area contributed by atoms with Crippen LogP contribution in [-0.4, -0.2) is 28.1 Å². The number of ether oxygens (including phenoxy) is 1. The van der Waals surface area contributed by atoms with Gasteiger partial charge >= 0.3 is 11.9 Å². The van der Waals surface area contributed by atoms with E-state index in [4.69, 9.17) is 38.8 Å². The molecule has 0 spiro atoms. The van der Waals surface area contributed by atoms with E-state index in [9.17, 15) is 9.59 Å². The van der Waals surface area contributed by atoms with Crippen molar-refractivity contribution in [1.82, 2.24) is 4.98 Å². The molecule has 0 saturated heterocycles. The van der Waals surface area contributed by atoms with Gasteiger partial charge in [0, 0.05) is 0 Å². The number of rotatable bonds is 7. The zero-order chi connectivity index (χ0) is 18.4. The first-order valence-corrected chi connectivity index (χ1v) is 8.13. The normalized spacial score (nSPS) is 11.8. The average molecular weight is 383 g/mol. The largest absolute Gasteiger partial charge is 0.481 e. The van der Waals surface area contributed by atoms with E-state index in [0.29, 0.717) is 11.1 Å². The van der Waals surface area contributed by atoms with Crippen LogP contribution in [0.15, 0.2) is 36.4 Å². The number of esters is 1. The minimum absolute atomic E-state index is 0.0203. The quantitative estimate of drug-likeness (QED) is 0.563. The Hall–Kier alpha value is -2.15. The van der Waals surface area contributed by atoms with Crippen molar-refractivity contribution in [2.75, 3.05) is 0 Å². The van der Waals surface area contributed by atoms with Gasteiger partial charge < -0.3 is 15.6 Å². The van der Waals surface area contributed by atoms with Gasteiger partial charge in [-0.15, -0.1) is 0 Å². The maximum absolute atomic E-state index is 12.0. The Morgan fingerprint density at radius 2 is 1.76 bits per heavy atom. The van der Waals surface area contributed by atoms with Crippen LogP contribution in [0.5, 0.6) is 0 Å². The molecule has 6 nitrogen and oxygen atoms in total. The molecule has 0 saturated carbocycles. The van der Waals surface area contributed by atoms with Crippen molar-refractivity contribution in [1.29, 1.82) is 0 Å². The molecular formula is C17H16Cl2N2O4. The molecule has 1 atom stereocenters. The molecule has 0 bridgehead atoms. The monoisotopic (exact) mass is 382 g/mol. The van der Waals surface area contributed by atoms with E-state index < -0.39 is 18.0 Å². The minimum Gasteiger partial charge on any atom is -0.481 e. The first-order chi connectivity index (χ1) is 11.8. The molecule has 1 aromatic carbocycles. The van der Waals surface area contributed by atoms with Gasteiger partial charge in [0.1, 0.15) is 23.0 Å². The lowest BCUT2D eigenvalue weighted by atomic mass is 10.0. The fraction of sp³-hybridized carbons (Fsp3) is 0.235. The third-order valence-corrected chi connectivity index (χ3v) is 3.70. The highest BCUT2D eigenvalue weighted by Gasteiger charge is 2.16. The van der Waals surface area contributed by atoms with Gasteiger partial charge in [0.05, 0.1) is 6.42 Å². The van der Waals surface area contributed by atoms with E-state index >= 15 is 0 Å². The van der Waals surface area contributed by atoms with Crippen LogP contribution in [0.4, 0.5) is 0 Å². The predicted octanol–water partition coefficient (Wildman–Crippen LogP) is 2.63. The highest BCUT2D eigenvalue weighted by Crippen LogP contribution is 2.16. The van der Waals surface area contributed by atoms with Crippen molar-refractivity contribution >= 4 is 35.1 Å². The number of nitrogens with zero attached hydrogens (tertiary/aromatic N) is 1. The fourth-order valence-electron chi connectivity index (χ4n) is 2.24. The molecule has 25 heavy (non-hydrogen) atoms. The number of aromatic nitrogens is 1. The summed E-state index contributed by atoms with van der Waals surface area (Å²) < 4.78 is 5.16. The Balaban J connectivity index is 1.92. The lowest BCUT2D eigenvalue weighted by Crippen LogP contribution is -2.34. The molecule has 0 aliphatic heterocycles. The summed E-state index contributed by atoms with van der Waals surface area (Å²) in [6.07, 6.45) is 0.154. The Morgan fingerprint density at radius 3 is 2.40 bits per heavy atom. The minimum atomic E-state index is -0.921. The molecule has 2 rings (SSSR count). The van der Waals surface area contributed by atoms with Gasteiger partial charge in [-0.1, -0.05) is 47.5 Å². The number of nitrogens with two attached hydrogens (primary N) is 1. The number of pyridine rings is 1. The average Bonchev–Trinajstić information content (AvgIpc) is 2.51. The molecule has 0 aliphatic rings. The van der Waals surface area contributed by atoms with Crippen molar-refractivity contribution in [2.24, 2.45) is 5.73 Å². The number of benzene rings is 1. The summed E-state index contributed by atoms with van der Waals surface area (Å²) >= 11 is 11.6. The third kappa shape index (κ3) is 6.34. The summed E-state index contributed by atoms with van der Waals surface area (Å²) in [5.41, 5.74) is 7.88. The molecule has 0 aliphatic carbocycles. The number of carbonyl (C=O) groups is 2. The first kappa shape index (κ1) is 19.2. The number of hydrogen-bond donors (Lipinski definition) is 2. The van der Waals surface area contributed by atoms with E-state index in [2.05, 4.69) is 4.98 Å². The van der Waals surface area contributed by atoms with E-state index in [1.807, 2.05) is 0 Å². The number of aliphatic carboxylic acids is 1. The zero-order valence-corrected chi connectivity index (χ0v) is 14.6. The molecular weight excluding hydrogens is 367 g/mol. The predicted molar refractivity (Wildman–Crippen MR) is 93.5 cm³/mol. The van der Waals surface area contributed by atoms with Gasteiger partial charge in [0.2, 0.25) is 0 Å². The summed E-state index contributed by atoms with van der Waals surface area (Å²) in [5, 5.41) is 9.24. The molecule has 0 unspecified atom stereocenters. The van der Waals surface area contributed by atoms with Crippen molar-refractivity contribution < 1.29 is 19.4 Å². The number of carboxylic acid groups (broad SMARTS) is 1. The van der Waals surface area contributed by atoms with Crippen molar-refractivity contribution in [3.63, 3.8) is 0 Å². The Kier molecular flexibility index (Phi) is 6.75. The first-order valence-electron chi connectivity index (χ1n) is 7.37. The lowest BCUT2D eigenvalue weighted by Gasteiger charge is -2.12. The maximum atomic E-state index is 12.0. The SMILES string of the molecule is N[C@@H](Cc1cccc(CC(=O)O)c1)C(=O)OCc1cc(Cl)nc(Cl)c1. The number of hydrogen-bond acceptors (Lipinski definition) is 5. The molecule has 0 amide bonds. The number of carboxylic acids is 1. The summed E-state index contributed by atoms with van der Waals surface area (Å²) in [7, 11) is 0. The van der Waals surface area contributed by atoms with Crippen LogP contribution in [0, 0.1) is 0 Å². The van der Waals surface area contributed by atoms with E-state index in [-0.39, 0.29) is 29.8 Å². The van der Waals surface area contributed by atoms with Crippen LogP contribution in [0.3, 0.4) is 0 Å². The van der Waals surface area contributed by atoms with Gasteiger partial charge in [0.25, 0.3) is 0 Å². The third-order valence-electron chi connectivity index (χ3n) is 3.31. The fourth-order valence-corrected chi connectivity index (χ4v) is 2.74. The molecule has 8 heteroatoms. The Labute approximate surface area is 154 Å². The van der Waals surface area contributed by atoms with Crippen molar-refractivity contribution in [3.05, 3.63) is 63.4 Å². The van der Waals surface area contributed by atoms with Crippen LogP contribution in [0.2, 0.25) is 10.3 Å². The summed E-state index contributed by atoms with van der Waals surface area (Å²) in [6, 6.07) is 9.14. The van der Waals surface area contributed by atoms with Crippen LogP contribution in [-0.2, 0) is 33.8 Å². The lowest BCUT2D eigenvalue weighted by molar-refractivity contribution is -0.146. The topological polar surface area (TPSA) is 103 Å². The second kappa shape index (κ2) is 8.80. The smallest absolute Gasteiger partial charge is 0.323 e. The molecule has 132 valence electrons. The van der Waals surface area contributed by atoms with E-state index in [1.165, 1.54) is 0 Å². The van der Waals surface area contributed by atoms with Gasteiger partial charge in [-0.2, -0.15) is 0 Å². The number of carbonyl (C=O) groups excluding carboxylic acids is 1. The van der Waals surface area contributed by atoms with Crippen molar-refractivity contribution in [2.45, 2.75) is 25.5 Å². The molecule has 2 aromatic rings. The molecule has 3 N–H and O–H groups in total. The molecule has 0 fully saturated rings. The van der Waals surface area contributed by atoms with Gasteiger partial charge in [0.15, 0.2) is 0 Å². The van der Waals surface area contributed by atoms with Crippen LogP contribution in [0.25, 0.3) is 0 Å². The molecule has 1 heterocycles. The highest BCUT2D eigenvalue weighted by atomic mass is 35.5. The van der Waals surface area contributed by atoms with Crippen LogP contribution < -0.4 is 5.73 Å². The van der Waals surface area contributed by atoms with Crippen molar-refractivity contribution in [3.8, 4) is 0 Å². The van der Waals surface area contributed by atoms with Gasteiger partial charge in [-0.3, -0.25) is 9.59 Å². The Morgan fingerprint density at radius 1 is 1.12 bits per heavy atom. The van der Waals surface area contributed by atoms with Crippen LogP contribution in [0.1, 0.15) is 16.7 Å². The highest BCUT2D eigenvalue weighted by molar-refractivity contribution is 6.32.